The molecule has 5 rings (SSSR count). The average Bonchev–Trinajstić information content (AvgIpc) is 3.20. The van der Waals surface area contributed by atoms with Gasteiger partial charge < -0.3 is 24.6 Å². The Morgan fingerprint density at radius 1 is 1.17 bits per heavy atom. The van der Waals surface area contributed by atoms with Crippen LogP contribution in [0.3, 0.4) is 0 Å². The van der Waals surface area contributed by atoms with Gasteiger partial charge in [-0.2, -0.15) is 13.2 Å². The highest BCUT2D eigenvalue weighted by Gasteiger charge is 2.33. The molecule has 0 saturated carbocycles. The van der Waals surface area contributed by atoms with Gasteiger partial charge in [-0.15, -0.1) is 0 Å². The minimum absolute atomic E-state index is 0.0580. The molecule has 0 unspecified atom stereocenters. The fraction of sp³-hybridized carbons (Fsp3) is 0.240. The number of alkyl halides is 3. The minimum atomic E-state index is -4.61. The van der Waals surface area contributed by atoms with E-state index in [9.17, 15) is 23.1 Å². The van der Waals surface area contributed by atoms with E-state index in [2.05, 4.69) is 15.3 Å². The van der Waals surface area contributed by atoms with Crippen molar-refractivity contribution in [1.29, 1.82) is 0 Å². The molecule has 0 aliphatic carbocycles. The Morgan fingerprint density at radius 2 is 1.97 bits per heavy atom. The van der Waals surface area contributed by atoms with Gasteiger partial charge in [0.1, 0.15) is 23.0 Å². The summed E-state index contributed by atoms with van der Waals surface area (Å²) in [5.41, 5.74) is 0.782. The summed E-state index contributed by atoms with van der Waals surface area (Å²) >= 11 is 0. The number of ether oxygens (including phenoxy) is 1. The Balaban J connectivity index is 1.47. The van der Waals surface area contributed by atoms with Gasteiger partial charge in [-0.3, -0.25) is 4.79 Å². The summed E-state index contributed by atoms with van der Waals surface area (Å²) in [4.78, 5) is 23.2. The number of fused-ring (bicyclic) bond motifs is 1. The SMILES string of the molecule is COc1cccc(Cn2c(C(=O)Nc3ccc(N4CC(O)C4)nc3)cc3nc(C(F)(F)F)ccc32)c1. The number of carbonyl (C=O) groups excluding carboxylic acids is 1. The molecule has 8 nitrogen and oxygen atoms in total. The van der Waals surface area contributed by atoms with Crippen LogP contribution >= 0.6 is 0 Å². The van der Waals surface area contributed by atoms with Crippen molar-refractivity contribution >= 4 is 28.4 Å². The fourth-order valence-electron chi connectivity index (χ4n) is 4.09. The van der Waals surface area contributed by atoms with Crippen molar-refractivity contribution in [3.05, 3.63) is 77.7 Å². The summed E-state index contributed by atoms with van der Waals surface area (Å²) in [5.74, 6) is 0.779. The van der Waals surface area contributed by atoms with Crippen LogP contribution < -0.4 is 15.0 Å². The van der Waals surface area contributed by atoms with Gasteiger partial charge in [-0.1, -0.05) is 12.1 Å². The second kappa shape index (κ2) is 9.15. The molecule has 1 amide bonds. The largest absolute Gasteiger partial charge is 0.497 e. The van der Waals surface area contributed by atoms with E-state index in [1.54, 1.807) is 34.9 Å². The number of hydrogen-bond acceptors (Lipinski definition) is 6. The molecule has 0 atom stereocenters. The third-order valence-corrected chi connectivity index (χ3v) is 5.95. The van der Waals surface area contributed by atoms with Crippen LogP contribution in [-0.2, 0) is 12.7 Å². The maximum absolute atomic E-state index is 13.3. The molecule has 36 heavy (non-hydrogen) atoms. The van der Waals surface area contributed by atoms with Gasteiger partial charge in [-0.25, -0.2) is 9.97 Å². The van der Waals surface area contributed by atoms with Crippen molar-refractivity contribution in [3.8, 4) is 5.75 Å². The highest BCUT2D eigenvalue weighted by molar-refractivity contribution is 6.06. The van der Waals surface area contributed by atoms with E-state index in [0.29, 0.717) is 35.9 Å². The monoisotopic (exact) mass is 497 g/mol. The summed E-state index contributed by atoms with van der Waals surface area (Å²) in [6.45, 7) is 1.21. The van der Waals surface area contributed by atoms with E-state index in [-0.39, 0.29) is 23.9 Å². The topological polar surface area (TPSA) is 92.5 Å². The number of aliphatic hydroxyl groups excluding tert-OH is 1. The lowest BCUT2D eigenvalue weighted by Gasteiger charge is -2.36. The van der Waals surface area contributed by atoms with Crippen molar-refractivity contribution in [2.45, 2.75) is 18.8 Å². The number of methoxy groups -OCH3 is 1. The Labute approximate surface area is 204 Å². The quantitative estimate of drug-likeness (QED) is 0.419. The second-order valence-electron chi connectivity index (χ2n) is 8.48. The van der Waals surface area contributed by atoms with Crippen LogP contribution in [0, 0.1) is 0 Å². The number of carbonyl (C=O) groups is 1. The van der Waals surface area contributed by atoms with Crippen LogP contribution in [0.1, 0.15) is 21.7 Å². The van der Waals surface area contributed by atoms with Gasteiger partial charge in [-0.05, 0) is 48.0 Å². The van der Waals surface area contributed by atoms with E-state index < -0.39 is 17.8 Å². The summed E-state index contributed by atoms with van der Waals surface area (Å²) < 4.78 is 46.6. The first-order valence-corrected chi connectivity index (χ1v) is 11.1. The minimum Gasteiger partial charge on any atom is -0.497 e. The third-order valence-electron chi connectivity index (χ3n) is 5.95. The maximum atomic E-state index is 13.3. The van der Waals surface area contributed by atoms with Gasteiger partial charge in [0.25, 0.3) is 5.91 Å². The van der Waals surface area contributed by atoms with E-state index in [0.717, 1.165) is 11.6 Å². The maximum Gasteiger partial charge on any atom is 0.433 e. The number of amides is 1. The van der Waals surface area contributed by atoms with Gasteiger partial charge in [0, 0.05) is 19.6 Å². The van der Waals surface area contributed by atoms with Crippen LogP contribution in [0.25, 0.3) is 11.0 Å². The zero-order chi connectivity index (χ0) is 25.4. The lowest BCUT2D eigenvalue weighted by Crippen LogP contribution is -2.51. The molecular weight excluding hydrogens is 475 g/mol. The standard InChI is InChI=1S/C25H22F3N5O3/c1-36-18-4-2-3-15(9-18)12-33-20-6-7-22(25(26,27)28)31-19(20)10-21(33)24(35)30-16-5-8-23(29-11-16)32-13-17(34)14-32/h2-11,17,34H,12-14H2,1H3,(H,30,35). The van der Waals surface area contributed by atoms with Gasteiger partial charge in [0.05, 0.1) is 36.1 Å². The number of benzene rings is 1. The van der Waals surface area contributed by atoms with Crippen molar-refractivity contribution in [3.63, 3.8) is 0 Å². The van der Waals surface area contributed by atoms with Crippen molar-refractivity contribution in [1.82, 2.24) is 14.5 Å². The van der Waals surface area contributed by atoms with Crippen molar-refractivity contribution in [2.75, 3.05) is 30.4 Å². The number of aromatic nitrogens is 3. The molecular formula is C25H22F3N5O3. The van der Waals surface area contributed by atoms with E-state index in [1.165, 1.54) is 25.4 Å². The zero-order valence-corrected chi connectivity index (χ0v) is 19.2. The average molecular weight is 497 g/mol. The zero-order valence-electron chi connectivity index (χ0n) is 19.2. The molecule has 3 aromatic heterocycles. The summed E-state index contributed by atoms with van der Waals surface area (Å²) in [7, 11) is 1.54. The molecule has 1 fully saturated rings. The number of pyridine rings is 2. The molecule has 0 bridgehead atoms. The first kappa shape index (κ1) is 23.6. The number of β-amino-alcohol motifs (C(OH)–C–C–N with tert-alkyl or cyclic N) is 1. The van der Waals surface area contributed by atoms with Crippen LogP contribution in [0.15, 0.2) is 60.8 Å². The van der Waals surface area contributed by atoms with Crippen LogP contribution in [-0.4, -0.2) is 51.9 Å². The first-order chi connectivity index (χ1) is 17.2. The molecule has 1 aliphatic heterocycles. The Hall–Kier alpha value is -4.12. The van der Waals surface area contributed by atoms with Gasteiger partial charge in [0.15, 0.2) is 0 Å². The van der Waals surface area contributed by atoms with Crippen LogP contribution in [0.2, 0.25) is 0 Å². The molecule has 0 radical (unpaired) electrons. The molecule has 2 N–H and O–H groups in total. The Kier molecular flexibility index (Phi) is 6.00. The van der Waals surface area contributed by atoms with Gasteiger partial charge in [0.2, 0.25) is 0 Å². The fourth-order valence-corrected chi connectivity index (χ4v) is 4.09. The van der Waals surface area contributed by atoms with Crippen LogP contribution in [0.4, 0.5) is 24.7 Å². The van der Waals surface area contributed by atoms with E-state index in [4.69, 9.17) is 4.74 Å². The normalized spacial score (nSPS) is 14.1. The molecule has 186 valence electrons. The Bertz CT molecular complexity index is 1410. The predicted octanol–water partition coefficient (Wildman–Crippen LogP) is 3.94. The molecule has 4 heterocycles. The number of anilines is 2. The molecule has 4 aromatic rings. The number of nitrogens with one attached hydrogen (secondary N) is 1. The molecule has 1 saturated heterocycles. The highest BCUT2D eigenvalue weighted by atomic mass is 19.4. The third kappa shape index (κ3) is 4.69. The van der Waals surface area contributed by atoms with Crippen molar-refractivity contribution < 1.29 is 27.8 Å². The number of aliphatic hydroxyl groups is 1. The lowest BCUT2D eigenvalue weighted by atomic mass is 10.2. The number of rotatable bonds is 6. The summed E-state index contributed by atoms with van der Waals surface area (Å²) in [6.07, 6.45) is -3.48. The molecule has 1 aromatic carbocycles. The molecule has 1 aliphatic rings. The van der Waals surface area contributed by atoms with Crippen molar-refractivity contribution in [2.24, 2.45) is 0 Å². The number of hydrogen-bond donors (Lipinski definition) is 2. The van der Waals surface area contributed by atoms with Crippen LogP contribution in [0.5, 0.6) is 5.75 Å². The summed E-state index contributed by atoms with van der Waals surface area (Å²) in [5, 5.41) is 12.2. The Morgan fingerprint density at radius 3 is 2.64 bits per heavy atom. The van der Waals surface area contributed by atoms with E-state index >= 15 is 0 Å². The number of nitrogens with zero attached hydrogens (tertiary/aromatic N) is 4. The molecule has 0 spiro atoms. The number of halogens is 3. The molecule has 11 heteroatoms. The second-order valence-corrected chi connectivity index (χ2v) is 8.48. The smallest absolute Gasteiger partial charge is 0.433 e. The highest BCUT2D eigenvalue weighted by Crippen LogP contribution is 2.31. The van der Waals surface area contributed by atoms with Gasteiger partial charge >= 0.3 is 6.18 Å². The first-order valence-electron chi connectivity index (χ1n) is 11.1. The van der Waals surface area contributed by atoms with E-state index in [1.807, 2.05) is 11.0 Å². The lowest BCUT2D eigenvalue weighted by molar-refractivity contribution is -0.140. The summed E-state index contributed by atoms with van der Waals surface area (Å²) in [6, 6.07) is 14.2. The predicted molar refractivity (Wildman–Crippen MR) is 127 cm³/mol.